The lowest BCUT2D eigenvalue weighted by molar-refractivity contribution is -0.142. The number of carbonyl (C=O) groups is 2. The Bertz CT molecular complexity index is 718. The van der Waals surface area contributed by atoms with Gasteiger partial charge in [-0.05, 0) is 6.07 Å². The van der Waals surface area contributed by atoms with Crippen LogP contribution in [0.1, 0.15) is 30.9 Å². The van der Waals surface area contributed by atoms with Gasteiger partial charge in [0.05, 0.1) is 25.7 Å². The number of methoxy groups -OCH3 is 2. The fourth-order valence-electron chi connectivity index (χ4n) is 4.05. The molecule has 1 aromatic carbocycles. The third-order valence-electron chi connectivity index (χ3n) is 5.55. The van der Waals surface area contributed by atoms with Crippen LogP contribution in [0, 0.1) is 5.92 Å². The predicted molar refractivity (Wildman–Crippen MR) is 98.2 cm³/mol. The predicted octanol–water partition coefficient (Wildman–Crippen LogP) is 2.49. The van der Waals surface area contributed by atoms with E-state index in [0.717, 1.165) is 5.56 Å². The van der Waals surface area contributed by atoms with Crippen LogP contribution < -0.4 is 4.74 Å². The Morgan fingerprint density at radius 1 is 1.21 bits per heavy atom. The van der Waals surface area contributed by atoms with E-state index in [-0.39, 0.29) is 44.2 Å². The van der Waals surface area contributed by atoms with Crippen molar-refractivity contribution in [3.8, 4) is 5.75 Å². The van der Waals surface area contributed by atoms with E-state index in [4.69, 9.17) is 9.47 Å². The Morgan fingerprint density at radius 2 is 1.89 bits per heavy atom. The number of hydrogen-bond donors (Lipinski definition) is 0. The lowest BCUT2D eigenvalue weighted by atomic mass is 9.90. The van der Waals surface area contributed by atoms with Crippen LogP contribution in [0.5, 0.6) is 5.75 Å². The molecule has 6 nitrogen and oxygen atoms in total. The molecule has 8 heteroatoms. The van der Waals surface area contributed by atoms with Crippen molar-refractivity contribution < 1.29 is 27.8 Å². The fourth-order valence-corrected chi connectivity index (χ4v) is 4.05. The maximum atomic E-state index is 13.5. The molecule has 1 aromatic rings. The SMILES string of the molecule is COCCN1C(=O)C[C@@H](C(=O)N2CCC(F)(F)CC2)[C@@H]1c1ccccc1OC. The maximum Gasteiger partial charge on any atom is 0.251 e. The Hall–Kier alpha value is -2.22. The first kappa shape index (κ1) is 20.5. The van der Waals surface area contributed by atoms with Crippen LogP contribution in [0.2, 0.25) is 0 Å². The van der Waals surface area contributed by atoms with Crippen molar-refractivity contribution in [1.82, 2.24) is 9.80 Å². The van der Waals surface area contributed by atoms with Crippen molar-refractivity contribution >= 4 is 11.8 Å². The van der Waals surface area contributed by atoms with Crippen molar-refractivity contribution in [2.75, 3.05) is 40.5 Å². The van der Waals surface area contributed by atoms with Gasteiger partial charge in [0.25, 0.3) is 5.92 Å². The van der Waals surface area contributed by atoms with E-state index >= 15 is 0 Å². The molecule has 2 atom stereocenters. The lowest BCUT2D eigenvalue weighted by Crippen LogP contribution is -2.46. The van der Waals surface area contributed by atoms with E-state index in [2.05, 4.69) is 0 Å². The lowest BCUT2D eigenvalue weighted by Gasteiger charge is -2.35. The molecule has 2 heterocycles. The molecule has 0 saturated carbocycles. The number of halogens is 2. The smallest absolute Gasteiger partial charge is 0.251 e. The standard InChI is InChI=1S/C20H26F2N2O4/c1-27-12-11-24-17(25)13-15(18(24)14-5-3-4-6-16(14)28-2)19(26)23-9-7-20(21,22)8-10-23/h3-6,15,18H,7-13H2,1-2H3/t15-,18+/m1/s1. The highest BCUT2D eigenvalue weighted by Gasteiger charge is 2.47. The number of piperidine rings is 1. The van der Waals surface area contributed by atoms with Crippen LogP contribution in [-0.2, 0) is 14.3 Å². The molecule has 0 aliphatic carbocycles. The summed E-state index contributed by atoms with van der Waals surface area (Å²) in [5, 5.41) is 0. The second-order valence-corrected chi connectivity index (χ2v) is 7.26. The van der Waals surface area contributed by atoms with Crippen molar-refractivity contribution in [2.45, 2.75) is 31.2 Å². The molecule has 28 heavy (non-hydrogen) atoms. The molecule has 2 aliphatic heterocycles. The average Bonchev–Trinajstić information content (AvgIpc) is 3.01. The van der Waals surface area contributed by atoms with Gasteiger partial charge in [-0.25, -0.2) is 8.78 Å². The van der Waals surface area contributed by atoms with Crippen molar-refractivity contribution in [3.05, 3.63) is 29.8 Å². The minimum Gasteiger partial charge on any atom is -0.496 e. The summed E-state index contributed by atoms with van der Waals surface area (Å²) in [4.78, 5) is 29.0. The van der Waals surface area contributed by atoms with Gasteiger partial charge in [-0.2, -0.15) is 0 Å². The maximum absolute atomic E-state index is 13.5. The van der Waals surface area contributed by atoms with Crippen molar-refractivity contribution in [1.29, 1.82) is 0 Å². The second kappa shape index (κ2) is 8.43. The van der Waals surface area contributed by atoms with Gasteiger partial charge in [-0.3, -0.25) is 9.59 Å². The van der Waals surface area contributed by atoms with Gasteiger partial charge in [-0.1, -0.05) is 18.2 Å². The highest BCUT2D eigenvalue weighted by Crippen LogP contribution is 2.43. The summed E-state index contributed by atoms with van der Waals surface area (Å²) in [7, 11) is 3.09. The van der Waals surface area contributed by atoms with Gasteiger partial charge in [0.1, 0.15) is 5.75 Å². The molecule has 154 valence electrons. The van der Waals surface area contributed by atoms with Crippen LogP contribution in [-0.4, -0.2) is 68.0 Å². The highest BCUT2D eigenvalue weighted by molar-refractivity contribution is 5.90. The molecule has 2 fully saturated rings. The first-order chi connectivity index (χ1) is 13.4. The van der Waals surface area contributed by atoms with E-state index in [1.807, 2.05) is 18.2 Å². The van der Waals surface area contributed by atoms with E-state index in [9.17, 15) is 18.4 Å². The van der Waals surface area contributed by atoms with Crippen LogP contribution in [0.3, 0.4) is 0 Å². The highest BCUT2D eigenvalue weighted by atomic mass is 19.3. The Labute approximate surface area is 163 Å². The molecule has 0 bridgehead atoms. The van der Waals surface area contributed by atoms with Gasteiger partial charge < -0.3 is 19.3 Å². The van der Waals surface area contributed by atoms with Gasteiger partial charge in [-0.15, -0.1) is 0 Å². The number of benzene rings is 1. The number of carbonyl (C=O) groups excluding carboxylic acids is 2. The normalized spacial score (nSPS) is 24.5. The first-order valence-electron chi connectivity index (χ1n) is 9.46. The summed E-state index contributed by atoms with van der Waals surface area (Å²) < 4.78 is 37.6. The van der Waals surface area contributed by atoms with Gasteiger partial charge in [0.2, 0.25) is 11.8 Å². The average molecular weight is 396 g/mol. The minimum atomic E-state index is -2.73. The first-order valence-corrected chi connectivity index (χ1v) is 9.46. The van der Waals surface area contributed by atoms with Gasteiger partial charge >= 0.3 is 0 Å². The monoisotopic (exact) mass is 396 g/mol. The molecule has 0 radical (unpaired) electrons. The molecule has 2 saturated heterocycles. The number of likely N-dealkylation sites (tertiary alicyclic amines) is 2. The molecule has 0 aromatic heterocycles. The number of amides is 2. The summed E-state index contributed by atoms with van der Waals surface area (Å²) >= 11 is 0. The summed E-state index contributed by atoms with van der Waals surface area (Å²) in [6.45, 7) is 0.703. The van der Waals surface area contributed by atoms with E-state index in [1.165, 1.54) is 4.90 Å². The van der Waals surface area contributed by atoms with Crippen LogP contribution >= 0.6 is 0 Å². The van der Waals surface area contributed by atoms with Crippen LogP contribution in [0.4, 0.5) is 8.78 Å². The number of ether oxygens (including phenoxy) is 2. The largest absolute Gasteiger partial charge is 0.496 e. The number of para-hydroxylation sites is 1. The molecule has 2 aliphatic rings. The second-order valence-electron chi connectivity index (χ2n) is 7.26. The third kappa shape index (κ3) is 4.11. The topological polar surface area (TPSA) is 59.1 Å². The van der Waals surface area contributed by atoms with Crippen molar-refractivity contribution in [3.63, 3.8) is 0 Å². The Balaban J connectivity index is 1.90. The quantitative estimate of drug-likeness (QED) is 0.741. The zero-order valence-electron chi connectivity index (χ0n) is 16.2. The number of alkyl halides is 2. The van der Waals surface area contributed by atoms with Crippen LogP contribution in [0.15, 0.2) is 24.3 Å². The molecule has 0 unspecified atom stereocenters. The zero-order valence-corrected chi connectivity index (χ0v) is 16.2. The number of hydrogen-bond acceptors (Lipinski definition) is 4. The molecule has 2 amide bonds. The molecule has 0 spiro atoms. The molecule has 3 rings (SSSR count). The Kier molecular flexibility index (Phi) is 6.17. The summed E-state index contributed by atoms with van der Waals surface area (Å²) in [6, 6.07) is 6.77. The van der Waals surface area contributed by atoms with Gasteiger partial charge in [0, 0.05) is 51.6 Å². The van der Waals surface area contributed by atoms with E-state index in [0.29, 0.717) is 18.9 Å². The molecule has 0 N–H and O–H groups in total. The van der Waals surface area contributed by atoms with Crippen molar-refractivity contribution in [2.24, 2.45) is 5.92 Å². The third-order valence-corrected chi connectivity index (χ3v) is 5.55. The fraction of sp³-hybridized carbons (Fsp3) is 0.600. The summed E-state index contributed by atoms with van der Waals surface area (Å²) in [6.07, 6.45) is -0.629. The number of rotatable bonds is 6. The molecular formula is C20H26F2N2O4. The molecular weight excluding hydrogens is 370 g/mol. The van der Waals surface area contributed by atoms with Gasteiger partial charge in [0.15, 0.2) is 0 Å². The van der Waals surface area contributed by atoms with E-state index < -0.39 is 17.9 Å². The zero-order chi connectivity index (χ0) is 20.3. The summed E-state index contributed by atoms with van der Waals surface area (Å²) in [5.74, 6) is -3.16. The van der Waals surface area contributed by atoms with Crippen LogP contribution in [0.25, 0.3) is 0 Å². The van der Waals surface area contributed by atoms with E-state index in [1.54, 1.807) is 25.2 Å². The summed E-state index contributed by atoms with van der Waals surface area (Å²) in [5.41, 5.74) is 0.743. The minimum absolute atomic E-state index is 0.00718. The Morgan fingerprint density at radius 3 is 2.54 bits per heavy atom. The number of nitrogens with zero attached hydrogens (tertiary/aromatic N) is 2.